The van der Waals surface area contributed by atoms with Gasteiger partial charge >= 0.3 is 0 Å². The quantitative estimate of drug-likeness (QED) is 0.479. The van der Waals surface area contributed by atoms with E-state index in [1.54, 1.807) is 22.2 Å². The van der Waals surface area contributed by atoms with E-state index in [1.165, 1.54) is 0 Å². The Morgan fingerprint density at radius 1 is 1.31 bits per heavy atom. The molecule has 2 heterocycles. The molecule has 10 heteroatoms. The molecular weight excluding hydrogens is 482 g/mol. The van der Waals surface area contributed by atoms with E-state index >= 15 is 0 Å². The van der Waals surface area contributed by atoms with Gasteiger partial charge in [0.1, 0.15) is 11.2 Å². The molecule has 0 bridgehead atoms. The fourth-order valence-corrected chi connectivity index (χ4v) is 5.18. The van der Waals surface area contributed by atoms with Crippen LogP contribution in [-0.4, -0.2) is 38.1 Å². The van der Waals surface area contributed by atoms with Crippen molar-refractivity contribution in [2.24, 2.45) is 18.7 Å². The molecule has 192 valence electrons. The standard InChI is InChI=1S/C26H32ClN5O4/c1-5-19-30-24-20(26(35)32(19)13-15-8-6-9-16(27)12-15)22(36-14(2)3)21(31(24)4)25(34)29-18-11-7-10-17(18)23(28)33/h6,8-9,12,14,17-18H,5,7,10-11,13H2,1-4H3,(H2,28,33)(H,29,34)/t17-,18+/m1/s1. The lowest BCUT2D eigenvalue weighted by Gasteiger charge is -2.19. The number of hydrogen-bond donors (Lipinski definition) is 2. The van der Waals surface area contributed by atoms with E-state index in [0.29, 0.717) is 35.8 Å². The second kappa shape index (κ2) is 10.3. The summed E-state index contributed by atoms with van der Waals surface area (Å²) in [5.74, 6) is -0.498. The van der Waals surface area contributed by atoms with Gasteiger partial charge in [-0.05, 0) is 44.4 Å². The van der Waals surface area contributed by atoms with Crippen molar-refractivity contribution in [1.29, 1.82) is 0 Å². The number of carbonyl (C=O) groups is 2. The van der Waals surface area contributed by atoms with Gasteiger partial charge in [0.15, 0.2) is 17.1 Å². The number of nitrogens with one attached hydrogen (secondary N) is 1. The number of nitrogens with zero attached hydrogens (tertiary/aromatic N) is 3. The largest absolute Gasteiger partial charge is 0.488 e. The highest BCUT2D eigenvalue weighted by atomic mass is 35.5. The molecule has 1 fully saturated rings. The van der Waals surface area contributed by atoms with Crippen LogP contribution in [0.15, 0.2) is 29.1 Å². The van der Waals surface area contributed by atoms with Gasteiger partial charge < -0.3 is 20.4 Å². The van der Waals surface area contributed by atoms with Crippen molar-refractivity contribution in [1.82, 2.24) is 19.4 Å². The molecule has 2 amide bonds. The number of aromatic nitrogens is 3. The third kappa shape index (κ3) is 4.84. The first-order chi connectivity index (χ1) is 17.1. The van der Waals surface area contributed by atoms with Gasteiger partial charge in [-0.25, -0.2) is 4.98 Å². The van der Waals surface area contributed by atoms with Crippen molar-refractivity contribution < 1.29 is 14.3 Å². The Morgan fingerprint density at radius 3 is 2.69 bits per heavy atom. The van der Waals surface area contributed by atoms with Crippen LogP contribution in [-0.2, 0) is 24.8 Å². The minimum atomic E-state index is -0.428. The van der Waals surface area contributed by atoms with Crippen LogP contribution < -0.4 is 21.3 Å². The Morgan fingerprint density at radius 2 is 2.06 bits per heavy atom. The van der Waals surface area contributed by atoms with E-state index in [9.17, 15) is 14.4 Å². The van der Waals surface area contributed by atoms with Crippen LogP contribution in [0.5, 0.6) is 5.75 Å². The molecule has 0 aliphatic heterocycles. The van der Waals surface area contributed by atoms with Crippen LogP contribution in [0.3, 0.4) is 0 Å². The van der Waals surface area contributed by atoms with Gasteiger partial charge in [-0.15, -0.1) is 0 Å². The van der Waals surface area contributed by atoms with E-state index in [4.69, 9.17) is 27.1 Å². The molecule has 1 aliphatic rings. The molecular formula is C26H32ClN5O4. The molecule has 1 aliphatic carbocycles. The lowest BCUT2D eigenvalue weighted by molar-refractivity contribution is -0.122. The zero-order valence-electron chi connectivity index (χ0n) is 21.0. The molecule has 1 aromatic carbocycles. The van der Waals surface area contributed by atoms with Gasteiger partial charge in [-0.3, -0.25) is 19.0 Å². The summed E-state index contributed by atoms with van der Waals surface area (Å²) in [7, 11) is 1.69. The number of carbonyl (C=O) groups excluding carboxylic acids is 2. The predicted octanol–water partition coefficient (Wildman–Crippen LogP) is 3.17. The summed E-state index contributed by atoms with van der Waals surface area (Å²) in [6.07, 6.45) is 2.33. The smallest absolute Gasteiger partial charge is 0.272 e. The molecule has 2 atom stereocenters. The van der Waals surface area contributed by atoms with Gasteiger partial charge in [0.05, 0.1) is 18.6 Å². The summed E-state index contributed by atoms with van der Waals surface area (Å²) < 4.78 is 9.27. The van der Waals surface area contributed by atoms with Crippen molar-refractivity contribution in [3.8, 4) is 5.75 Å². The molecule has 9 nitrogen and oxygen atoms in total. The maximum atomic E-state index is 13.9. The molecule has 1 saturated carbocycles. The highest BCUT2D eigenvalue weighted by molar-refractivity contribution is 6.30. The minimum absolute atomic E-state index is 0.189. The molecule has 0 unspecified atom stereocenters. The maximum Gasteiger partial charge on any atom is 0.272 e. The minimum Gasteiger partial charge on any atom is -0.488 e. The molecule has 0 spiro atoms. The molecule has 0 saturated heterocycles. The molecule has 4 rings (SSSR count). The van der Waals surface area contributed by atoms with Crippen LogP contribution in [0.1, 0.15) is 61.9 Å². The van der Waals surface area contributed by atoms with E-state index in [0.717, 1.165) is 12.0 Å². The number of primary amides is 1. The Bertz CT molecular complexity index is 1380. The number of benzene rings is 1. The number of halogens is 1. The first-order valence-electron chi connectivity index (χ1n) is 12.3. The summed E-state index contributed by atoms with van der Waals surface area (Å²) in [6.45, 7) is 5.87. The number of fused-ring (bicyclic) bond motifs is 1. The van der Waals surface area contributed by atoms with E-state index < -0.39 is 17.7 Å². The summed E-state index contributed by atoms with van der Waals surface area (Å²) in [5, 5.41) is 3.78. The fraction of sp³-hybridized carbons (Fsp3) is 0.462. The Labute approximate surface area is 214 Å². The Kier molecular flexibility index (Phi) is 7.40. The maximum absolute atomic E-state index is 13.9. The van der Waals surface area contributed by atoms with E-state index in [1.807, 2.05) is 39.0 Å². The lowest BCUT2D eigenvalue weighted by atomic mass is 10.0. The zero-order valence-corrected chi connectivity index (χ0v) is 21.8. The van der Waals surface area contributed by atoms with Crippen molar-refractivity contribution >= 4 is 34.4 Å². The number of nitrogens with two attached hydrogens (primary N) is 1. The van der Waals surface area contributed by atoms with Crippen LogP contribution >= 0.6 is 11.6 Å². The van der Waals surface area contributed by atoms with Crippen LogP contribution in [0.4, 0.5) is 0 Å². The van der Waals surface area contributed by atoms with Crippen molar-refractivity contribution in [3.05, 3.63) is 56.7 Å². The zero-order chi connectivity index (χ0) is 26.1. The number of ether oxygens (including phenoxy) is 1. The molecule has 0 radical (unpaired) electrons. The normalized spacial score (nSPS) is 17.6. The van der Waals surface area contributed by atoms with Gasteiger partial charge in [0.2, 0.25) is 5.91 Å². The third-order valence-corrected chi connectivity index (χ3v) is 6.87. The third-order valence-electron chi connectivity index (χ3n) is 6.64. The highest BCUT2D eigenvalue weighted by Crippen LogP contribution is 2.32. The predicted molar refractivity (Wildman–Crippen MR) is 138 cm³/mol. The molecule has 3 N–H and O–H groups in total. The van der Waals surface area contributed by atoms with Crippen LogP contribution in [0.25, 0.3) is 11.0 Å². The Balaban J connectivity index is 1.86. The monoisotopic (exact) mass is 513 g/mol. The summed E-state index contributed by atoms with van der Waals surface area (Å²) in [6, 6.07) is 6.96. The van der Waals surface area contributed by atoms with Gasteiger partial charge in [0, 0.05) is 24.5 Å². The second-order valence-corrected chi connectivity index (χ2v) is 9.96. The van der Waals surface area contributed by atoms with Gasteiger partial charge in [0.25, 0.3) is 11.5 Å². The number of hydrogen-bond acceptors (Lipinski definition) is 5. The average Bonchev–Trinajstić information content (AvgIpc) is 3.37. The second-order valence-electron chi connectivity index (χ2n) is 9.52. The molecule has 2 aromatic heterocycles. The summed E-state index contributed by atoms with van der Waals surface area (Å²) in [4.78, 5) is 44.0. The molecule has 36 heavy (non-hydrogen) atoms. The van der Waals surface area contributed by atoms with Crippen molar-refractivity contribution in [3.63, 3.8) is 0 Å². The molecule has 3 aromatic rings. The van der Waals surface area contributed by atoms with Crippen LogP contribution in [0, 0.1) is 5.92 Å². The van der Waals surface area contributed by atoms with E-state index in [2.05, 4.69) is 5.32 Å². The van der Waals surface area contributed by atoms with Crippen LogP contribution in [0.2, 0.25) is 5.02 Å². The SMILES string of the molecule is CCc1nc2c(c(OC(C)C)c(C(=O)N[C@H]3CCC[C@H]3C(N)=O)n2C)c(=O)n1Cc1cccc(Cl)c1. The van der Waals surface area contributed by atoms with Gasteiger partial charge in [-0.2, -0.15) is 0 Å². The fourth-order valence-electron chi connectivity index (χ4n) is 4.97. The number of aryl methyl sites for hydroxylation is 2. The summed E-state index contributed by atoms with van der Waals surface area (Å²) >= 11 is 6.16. The van der Waals surface area contributed by atoms with Crippen molar-refractivity contribution in [2.75, 3.05) is 0 Å². The first-order valence-corrected chi connectivity index (χ1v) is 12.6. The van der Waals surface area contributed by atoms with Crippen molar-refractivity contribution in [2.45, 2.75) is 65.1 Å². The topological polar surface area (TPSA) is 121 Å². The number of amides is 2. The van der Waals surface area contributed by atoms with E-state index in [-0.39, 0.29) is 41.1 Å². The van der Waals surface area contributed by atoms with Gasteiger partial charge in [-0.1, -0.05) is 37.1 Å². The lowest BCUT2D eigenvalue weighted by Crippen LogP contribution is -2.42. The Hall–Kier alpha value is -3.33. The number of rotatable bonds is 8. The first kappa shape index (κ1) is 25.8. The highest BCUT2D eigenvalue weighted by Gasteiger charge is 2.35. The summed E-state index contributed by atoms with van der Waals surface area (Å²) in [5.41, 5.74) is 6.68. The average molecular weight is 514 g/mol.